The first-order chi connectivity index (χ1) is 10.3. The van der Waals surface area contributed by atoms with E-state index in [1.165, 1.54) is 5.56 Å². The van der Waals surface area contributed by atoms with E-state index in [2.05, 4.69) is 56.9 Å². The van der Waals surface area contributed by atoms with Crippen LogP contribution in [0.4, 0.5) is 0 Å². The number of ether oxygens (including phenoxy) is 1. The Morgan fingerprint density at radius 2 is 1.91 bits per heavy atom. The summed E-state index contributed by atoms with van der Waals surface area (Å²) in [7, 11) is 0. The Morgan fingerprint density at radius 1 is 1.27 bits per heavy atom. The van der Waals surface area contributed by atoms with Gasteiger partial charge in [-0.05, 0) is 48.7 Å². The van der Waals surface area contributed by atoms with Gasteiger partial charge >= 0.3 is 0 Å². The SMILES string of the molecule is CCC(C)n1c(COc2ccc(C(C)(C)C)cc2)n[nH]c1=S. The van der Waals surface area contributed by atoms with Gasteiger partial charge in [-0.25, -0.2) is 0 Å². The van der Waals surface area contributed by atoms with Gasteiger partial charge in [-0.3, -0.25) is 9.67 Å². The number of nitrogens with zero attached hydrogens (tertiary/aromatic N) is 2. The lowest BCUT2D eigenvalue weighted by molar-refractivity contribution is 0.283. The fourth-order valence-corrected chi connectivity index (χ4v) is 2.61. The number of nitrogens with one attached hydrogen (secondary N) is 1. The van der Waals surface area contributed by atoms with E-state index in [9.17, 15) is 0 Å². The normalized spacial score (nSPS) is 13.1. The average molecular weight is 319 g/mol. The summed E-state index contributed by atoms with van der Waals surface area (Å²) in [6, 6.07) is 8.56. The lowest BCUT2D eigenvalue weighted by atomic mass is 9.87. The zero-order chi connectivity index (χ0) is 16.3. The van der Waals surface area contributed by atoms with Gasteiger partial charge in [0.25, 0.3) is 0 Å². The van der Waals surface area contributed by atoms with Crippen molar-refractivity contribution in [2.24, 2.45) is 0 Å². The third kappa shape index (κ3) is 3.77. The molecule has 0 saturated carbocycles. The standard InChI is InChI=1S/C17H25N3OS/c1-6-12(2)20-15(18-19-16(20)22)11-21-14-9-7-13(8-10-14)17(3,4)5/h7-10,12H,6,11H2,1-5H3,(H,19,22). The maximum atomic E-state index is 5.86. The molecule has 1 unspecified atom stereocenters. The second kappa shape index (κ2) is 6.65. The van der Waals surface area contributed by atoms with Gasteiger partial charge < -0.3 is 4.74 Å². The molecule has 0 spiro atoms. The number of aromatic amines is 1. The highest BCUT2D eigenvalue weighted by Crippen LogP contribution is 2.24. The van der Waals surface area contributed by atoms with Crippen molar-refractivity contribution in [3.05, 3.63) is 40.4 Å². The lowest BCUT2D eigenvalue weighted by Gasteiger charge is -2.19. The molecule has 1 N–H and O–H groups in total. The number of rotatable bonds is 5. The van der Waals surface area contributed by atoms with Crippen molar-refractivity contribution in [1.82, 2.24) is 14.8 Å². The van der Waals surface area contributed by atoms with Crippen LogP contribution in [0.5, 0.6) is 5.75 Å². The zero-order valence-corrected chi connectivity index (χ0v) is 14.8. The first kappa shape index (κ1) is 16.7. The van der Waals surface area contributed by atoms with E-state index in [0.717, 1.165) is 18.0 Å². The molecule has 22 heavy (non-hydrogen) atoms. The summed E-state index contributed by atoms with van der Waals surface area (Å²) in [5.41, 5.74) is 1.44. The summed E-state index contributed by atoms with van der Waals surface area (Å²) in [6.07, 6.45) is 1.00. The largest absolute Gasteiger partial charge is 0.486 e. The fourth-order valence-electron chi connectivity index (χ4n) is 2.28. The predicted octanol–water partition coefficient (Wildman–Crippen LogP) is 4.79. The summed E-state index contributed by atoms with van der Waals surface area (Å²) in [6.45, 7) is 11.3. The van der Waals surface area contributed by atoms with Gasteiger partial charge in [-0.1, -0.05) is 39.8 Å². The Hall–Kier alpha value is -1.62. The van der Waals surface area contributed by atoms with Crippen LogP contribution in [0, 0.1) is 4.77 Å². The molecule has 1 atom stereocenters. The maximum absolute atomic E-state index is 5.86. The second-order valence-electron chi connectivity index (χ2n) is 6.64. The van der Waals surface area contributed by atoms with Crippen molar-refractivity contribution in [1.29, 1.82) is 0 Å². The highest BCUT2D eigenvalue weighted by atomic mass is 32.1. The van der Waals surface area contributed by atoms with Crippen molar-refractivity contribution in [2.45, 2.75) is 59.1 Å². The smallest absolute Gasteiger partial charge is 0.195 e. The Morgan fingerprint density at radius 3 is 2.45 bits per heavy atom. The zero-order valence-electron chi connectivity index (χ0n) is 14.0. The third-order valence-corrected chi connectivity index (χ3v) is 4.19. The van der Waals surface area contributed by atoms with Gasteiger partial charge in [0, 0.05) is 6.04 Å². The minimum atomic E-state index is 0.150. The monoisotopic (exact) mass is 319 g/mol. The fraction of sp³-hybridized carbons (Fsp3) is 0.529. The van der Waals surface area contributed by atoms with Gasteiger partial charge in [-0.2, -0.15) is 5.10 Å². The predicted molar refractivity (Wildman–Crippen MR) is 91.9 cm³/mol. The topological polar surface area (TPSA) is 42.8 Å². The molecule has 1 aromatic heterocycles. The van der Waals surface area contributed by atoms with Crippen LogP contribution in [-0.2, 0) is 12.0 Å². The molecular weight excluding hydrogens is 294 g/mol. The summed E-state index contributed by atoms with van der Waals surface area (Å²) in [4.78, 5) is 0. The molecule has 0 amide bonds. The first-order valence-corrected chi connectivity index (χ1v) is 8.13. The molecule has 0 fully saturated rings. The van der Waals surface area contributed by atoms with E-state index in [-0.39, 0.29) is 5.41 Å². The molecule has 5 heteroatoms. The van der Waals surface area contributed by atoms with Crippen molar-refractivity contribution in [2.75, 3.05) is 0 Å². The number of hydrogen-bond donors (Lipinski definition) is 1. The molecule has 4 nitrogen and oxygen atoms in total. The Labute approximate surface area is 137 Å². The Balaban J connectivity index is 2.09. The van der Waals surface area contributed by atoms with Crippen LogP contribution in [0.15, 0.2) is 24.3 Å². The summed E-state index contributed by atoms with van der Waals surface area (Å²) < 4.78 is 8.53. The lowest BCUT2D eigenvalue weighted by Crippen LogP contribution is -2.12. The number of hydrogen-bond acceptors (Lipinski definition) is 3. The highest BCUT2D eigenvalue weighted by molar-refractivity contribution is 7.71. The van der Waals surface area contributed by atoms with E-state index in [0.29, 0.717) is 17.4 Å². The van der Waals surface area contributed by atoms with Gasteiger partial charge in [0.1, 0.15) is 12.4 Å². The Bertz CT molecular complexity index is 664. The van der Waals surface area contributed by atoms with Gasteiger partial charge in [0.05, 0.1) is 0 Å². The summed E-state index contributed by atoms with van der Waals surface area (Å²) >= 11 is 5.29. The maximum Gasteiger partial charge on any atom is 0.195 e. The molecular formula is C17H25N3OS. The molecule has 1 heterocycles. The van der Waals surface area contributed by atoms with Crippen LogP contribution in [-0.4, -0.2) is 14.8 Å². The van der Waals surface area contributed by atoms with Gasteiger partial charge in [-0.15, -0.1) is 0 Å². The number of benzene rings is 1. The summed E-state index contributed by atoms with van der Waals surface area (Å²) in [5.74, 6) is 1.68. The molecule has 2 aromatic rings. The van der Waals surface area contributed by atoms with Crippen molar-refractivity contribution in [3.8, 4) is 5.75 Å². The van der Waals surface area contributed by atoms with Crippen LogP contribution in [0.1, 0.15) is 58.5 Å². The van der Waals surface area contributed by atoms with Crippen LogP contribution in [0.25, 0.3) is 0 Å². The Kier molecular flexibility index (Phi) is 5.06. The van der Waals surface area contributed by atoms with Gasteiger partial charge in [0.2, 0.25) is 0 Å². The number of H-pyrrole nitrogens is 1. The van der Waals surface area contributed by atoms with Crippen LogP contribution < -0.4 is 4.74 Å². The molecule has 0 bridgehead atoms. The minimum absolute atomic E-state index is 0.150. The van der Waals surface area contributed by atoms with Crippen molar-refractivity contribution < 1.29 is 4.74 Å². The first-order valence-electron chi connectivity index (χ1n) is 7.72. The molecule has 120 valence electrons. The van der Waals surface area contributed by atoms with E-state index in [1.807, 2.05) is 16.7 Å². The highest BCUT2D eigenvalue weighted by Gasteiger charge is 2.14. The van der Waals surface area contributed by atoms with E-state index in [1.54, 1.807) is 0 Å². The average Bonchev–Trinajstić information content (AvgIpc) is 2.85. The quantitative estimate of drug-likeness (QED) is 0.806. The molecule has 0 radical (unpaired) electrons. The molecule has 0 aliphatic carbocycles. The van der Waals surface area contributed by atoms with E-state index < -0.39 is 0 Å². The number of aromatic nitrogens is 3. The molecule has 0 aliphatic rings. The second-order valence-corrected chi connectivity index (χ2v) is 7.02. The van der Waals surface area contributed by atoms with Crippen LogP contribution in [0.3, 0.4) is 0 Å². The van der Waals surface area contributed by atoms with Crippen LogP contribution in [0.2, 0.25) is 0 Å². The molecule has 1 aromatic carbocycles. The third-order valence-electron chi connectivity index (χ3n) is 3.90. The van der Waals surface area contributed by atoms with E-state index >= 15 is 0 Å². The minimum Gasteiger partial charge on any atom is -0.486 e. The molecule has 0 aliphatic heterocycles. The molecule has 2 rings (SSSR count). The van der Waals surface area contributed by atoms with Crippen molar-refractivity contribution in [3.63, 3.8) is 0 Å². The van der Waals surface area contributed by atoms with Crippen molar-refractivity contribution >= 4 is 12.2 Å². The van der Waals surface area contributed by atoms with E-state index in [4.69, 9.17) is 17.0 Å². The van der Waals surface area contributed by atoms with Crippen LogP contribution >= 0.6 is 12.2 Å². The van der Waals surface area contributed by atoms with Gasteiger partial charge in [0.15, 0.2) is 10.6 Å². The summed E-state index contributed by atoms with van der Waals surface area (Å²) in [5, 5.41) is 7.13. The molecule has 0 saturated heterocycles.